The number of hydrogen-bond donors (Lipinski definition) is 2. The molecule has 4 nitrogen and oxygen atoms in total. The molecule has 0 saturated heterocycles. The number of rotatable bonds is 0. The Balaban J connectivity index is 2.93. The highest BCUT2D eigenvalue weighted by atomic mass is 16.3. The lowest BCUT2D eigenvalue weighted by molar-refractivity contribution is 0.435. The maximum absolute atomic E-state index is 9.36. The molecule has 0 spiro atoms. The lowest BCUT2D eigenvalue weighted by atomic mass is 10.5. The van der Waals surface area contributed by atoms with Gasteiger partial charge in [0.15, 0.2) is 5.88 Å². The minimum Gasteiger partial charge on any atom is -0.494 e. The predicted molar refractivity (Wildman–Crippen MR) is 48.0 cm³/mol. The number of nitrogens with two attached hydrogens (primary N) is 1. The van der Waals surface area contributed by atoms with Gasteiger partial charge < -0.3 is 20.0 Å². The van der Waals surface area contributed by atoms with E-state index in [0.29, 0.717) is 5.82 Å². The molecule has 2 heterocycles. The van der Waals surface area contributed by atoms with E-state index in [-0.39, 0.29) is 5.88 Å². The first kappa shape index (κ1) is 7.09. The van der Waals surface area contributed by atoms with Gasteiger partial charge in [-0.25, -0.2) is 0 Å². The van der Waals surface area contributed by atoms with Gasteiger partial charge in [0.05, 0.1) is 11.0 Å². The van der Waals surface area contributed by atoms with Crippen molar-refractivity contribution in [2.45, 2.75) is 0 Å². The van der Waals surface area contributed by atoms with E-state index in [2.05, 4.69) is 0 Å². The zero-order chi connectivity index (χ0) is 8.88. The van der Waals surface area contributed by atoms with Crippen LogP contribution in [0, 0.1) is 0 Å². The molecule has 2 aromatic heterocycles. The third kappa shape index (κ3) is 0.664. The van der Waals surface area contributed by atoms with E-state index in [1.165, 1.54) is 0 Å². The minimum absolute atomic E-state index is 0.260. The number of fused-ring (bicyclic) bond motifs is 1. The topological polar surface area (TPSA) is 56.1 Å². The summed E-state index contributed by atoms with van der Waals surface area (Å²) < 4.78 is 3.54. The Bertz CT molecular complexity index is 397. The second-order valence-electron chi connectivity index (χ2n) is 2.96. The van der Waals surface area contributed by atoms with E-state index in [9.17, 15) is 5.11 Å². The molecule has 0 aliphatic rings. The monoisotopic (exact) mass is 165 g/mol. The van der Waals surface area contributed by atoms with Crippen LogP contribution >= 0.6 is 0 Å². The van der Waals surface area contributed by atoms with Crippen molar-refractivity contribution >= 4 is 16.9 Å². The number of nitrogens with zero attached hydrogens (tertiary/aromatic N) is 2. The standard InChI is InChI=1S/C8H11N3O/c1-10-6-4-8(12)11(2)5(6)3-7(10)9/h3-4,12H,9H2,1-2H3. The van der Waals surface area contributed by atoms with Crippen molar-refractivity contribution in [3.63, 3.8) is 0 Å². The van der Waals surface area contributed by atoms with Gasteiger partial charge in [-0.2, -0.15) is 0 Å². The van der Waals surface area contributed by atoms with E-state index in [1.54, 1.807) is 17.7 Å². The smallest absolute Gasteiger partial charge is 0.193 e. The lowest BCUT2D eigenvalue weighted by Gasteiger charge is -1.94. The van der Waals surface area contributed by atoms with Gasteiger partial charge in [0.2, 0.25) is 0 Å². The molecule has 0 aromatic carbocycles. The molecule has 0 aliphatic carbocycles. The second kappa shape index (κ2) is 1.97. The van der Waals surface area contributed by atoms with Gasteiger partial charge in [-0.15, -0.1) is 0 Å². The van der Waals surface area contributed by atoms with Gasteiger partial charge in [-0.3, -0.25) is 0 Å². The summed E-state index contributed by atoms with van der Waals surface area (Å²) in [5, 5.41) is 9.36. The summed E-state index contributed by atoms with van der Waals surface area (Å²) in [5.74, 6) is 0.964. The Morgan fingerprint density at radius 1 is 1.17 bits per heavy atom. The number of aromatic hydroxyl groups is 1. The van der Waals surface area contributed by atoms with Gasteiger partial charge in [-0.05, 0) is 0 Å². The molecular weight excluding hydrogens is 154 g/mol. The highest BCUT2D eigenvalue weighted by Gasteiger charge is 2.09. The summed E-state index contributed by atoms with van der Waals surface area (Å²) in [4.78, 5) is 0. The van der Waals surface area contributed by atoms with Crippen molar-refractivity contribution < 1.29 is 5.11 Å². The Morgan fingerprint density at radius 3 is 2.33 bits per heavy atom. The molecule has 0 radical (unpaired) electrons. The van der Waals surface area contributed by atoms with Crippen molar-refractivity contribution in [3.05, 3.63) is 12.1 Å². The molecule has 2 rings (SSSR count). The molecule has 0 bridgehead atoms. The first-order valence-corrected chi connectivity index (χ1v) is 3.71. The van der Waals surface area contributed by atoms with Crippen LogP contribution in [-0.2, 0) is 14.1 Å². The molecule has 3 N–H and O–H groups in total. The Kier molecular flexibility index (Phi) is 1.16. The summed E-state index contributed by atoms with van der Waals surface area (Å²) >= 11 is 0. The van der Waals surface area contributed by atoms with Crippen LogP contribution in [0.1, 0.15) is 0 Å². The average Bonchev–Trinajstić information content (AvgIpc) is 2.43. The summed E-state index contributed by atoms with van der Waals surface area (Å²) in [5.41, 5.74) is 7.59. The van der Waals surface area contributed by atoms with Gasteiger partial charge in [0.25, 0.3) is 0 Å². The van der Waals surface area contributed by atoms with Crippen LogP contribution in [0.25, 0.3) is 11.0 Å². The number of aryl methyl sites for hydroxylation is 2. The average molecular weight is 165 g/mol. The van der Waals surface area contributed by atoms with Crippen molar-refractivity contribution in [1.82, 2.24) is 9.13 Å². The van der Waals surface area contributed by atoms with E-state index in [0.717, 1.165) is 11.0 Å². The van der Waals surface area contributed by atoms with Crippen molar-refractivity contribution in [3.8, 4) is 5.88 Å². The Labute approximate surface area is 69.8 Å². The first-order valence-electron chi connectivity index (χ1n) is 3.71. The zero-order valence-corrected chi connectivity index (χ0v) is 7.07. The van der Waals surface area contributed by atoms with Crippen LogP contribution in [0.5, 0.6) is 5.88 Å². The SMILES string of the molecule is Cn1c(N)cc2c1cc(O)n2C. The summed E-state index contributed by atoms with van der Waals surface area (Å²) in [6, 6.07) is 3.54. The zero-order valence-electron chi connectivity index (χ0n) is 7.07. The van der Waals surface area contributed by atoms with E-state index in [4.69, 9.17) is 5.73 Å². The predicted octanol–water partition coefficient (Wildman–Crippen LogP) is 0.805. The van der Waals surface area contributed by atoms with Crippen LogP contribution < -0.4 is 5.73 Å². The van der Waals surface area contributed by atoms with Gasteiger partial charge in [-0.1, -0.05) is 0 Å². The molecule has 12 heavy (non-hydrogen) atoms. The molecule has 0 unspecified atom stereocenters. The first-order chi connectivity index (χ1) is 5.61. The number of anilines is 1. The fourth-order valence-corrected chi connectivity index (χ4v) is 1.40. The molecule has 4 heteroatoms. The fourth-order valence-electron chi connectivity index (χ4n) is 1.40. The summed E-state index contributed by atoms with van der Waals surface area (Å²) in [7, 11) is 3.67. The van der Waals surface area contributed by atoms with Gasteiger partial charge >= 0.3 is 0 Å². The van der Waals surface area contributed by atoms with E-state index >= 15 is 0 Å². The third-order valence-corrected chi connectivity index (χ3v) is 2.27. The quantitative estimate of drug-likeness (QED) is 0.606. The van der Waals surface area contributed by atoms with Crippen LogP contribution in [0.4, 0.5) is 5.82 Å². The number of nitrogen functional groups attached to an aromatic ring is 1. The second-order valence-corrected chi connectivity index (χ2v) is 2.96. The molecule has 0 saturated carbocycles. The molecule has 0 fully saturated rings. The van der Waals surface area contributed by atoms with E-state index < -0.39 is 0 Å². The maximum atomic E-state index is 9.36. The normalized spacial score (nSPS) is 11.2. The molecule has 0 amide bonds. The summed E-state index contributed by atoms with van der Waals surface area (Å²) in [6.45, 7) is 0. The third-order valence-electron chi connectivity index (χ3n) is 2.27. The number of aromatic nitrogens is 2. The van der Waals surface area contributed by atoms with Crippen LogP contribution in [0.15, 0.2) is 12.1 Å². The highest BCUT2D eigenvalue weighted by molar-refractivity contribution is 5.83. The highest BCUT2D eigenvalue weighted by Crippen LogP contribution is 2.26. The largest absolute Gasteiger partial charge is 0.494 e. The van der Waals surface area contributed by atoms with E-state index in [1.807, 2.05) is 17.7 Å². The molecular formula is C8H11N3O. The van der Waals surface area contributed by atoms with Crippen LogP contribution in [-0.4, -0.2) is 14.2 Å². The summed E-state index contributed by atoms with van der Waals surface area (Å²) in [6.07, 6.45) is 0. The molecule has 0 aliphatic heterocycles. The van der Waals surface area contributed by atoms with Crippen LogP contribution in [0.3, 0.4) is 0 Å². The van der Waals surface area contributed by atoms with Crippen molar-refractivity contribution in [2.24, 2.45) is 14.1 Å². The van der Waals surface area contributed by atoms with Gasteiger partial charge in [0, 0.05) is 26.2 Å². The van der Waals surface area contributed by atoms with Crippen molar-refractivity contribution in [2.75, 3.05) is 5.73 Å². The lowest BCUT2D eigenvalue weighted by Crippen LogP contribution is -1.93. The molecule has 2 aromatic rings. The van der Waals surface area contributed by atoms with Crippen molar-refractivity contribution in [1.29, 1.82) is 0 Å². The Morgan fingerprint density at radius 2 is 1.75 bits per heavy atom. The molecule has 0 atom stereocenters. The van der Waals surface area contributed by atoms with Crippen LogP contribution in [0.2, 0.25) is 0 Å². The maximum Gasteiger partial charge on any atom is 0.193 e. The minimum atomic E-state index is 0.260. The molecule has 64 valence electrons. The Hall–Kier alpha value is -1.58. The van der Waals surface area contributed by atoms with Gasteiger partial charge in [0.1, 0.15) is 5.82 Å². The number of hydrogen-bond acceptors (Lipinski definition) is 2. The fraction of sp³-hybridized carbons (Fsp3) is 0.250.